The number of piperidine rings is 1. The number of aromatic nitrogens is 2. The zero-order chi connectivity index (χ0) is 17.2. The van der Waals surface area contributed by atoms with E-state index >= 15 is 0 Å². The maximum atomic E-state index is 12.9. The standard InChI is InChI=1S/C17H23N3O3S/c1-19-13-17(12-18-19)24(22,23)20-11-3-2-4-15(20)8-5-14-6-9-16(21)10-7-14/h6-7,9-10,12-13,15,21H,2-5,8,11H2,1H3/t15-/m0/s1. The molecule has 3 rings (SSSR count). The highest BCUT2D eigenvalue weighted by molar-refractivity contribution is 7.89. The van der Waals surface area contributed by atoms with Crippen LogP contribution in [0.3, 0.4) is 0 Å². The van der Waals surface area contributed by atoms with Gasteiger partial charge in [-0.2, -0.15) is 9.40 Å². The number of hydrogen-bond donors (Lipinski definition) is 1. The van der Waals surface area contributed by atoms with Crippen LogP contribution in [0.15, 0.2) is 41.6 Å². The highest BCUT2D eigenvalue weighted by Gasteiger charge is 2.33. The van der Waals surface area contributed by atoms with E-state index in [1.807, 2.05) is 12.1 Å². The van der Waals surface area contributed by atoms with Crippen molar-refractivity contribution in [2.45, 2.75) is 43.0 Å². The molecule has 130 valence electrons. The van der Waals surface area contributed by atoms with Crippen LogP contribution in [0, 0.1) is 0 Å². The average molecular weight is 349 g/mol. The first-order valence-corrected chi connectivity index (χ1v) is 9.69. The van der Waals surface area contributed by atoms with Crippen molar-refractivity contribution in [1.29, 1.82) is 0 Å². The Kier molecular flexibility index (Phi) is 4.91. The summed E-state index contributed by atoms with van der Waals surface area (Å²) in [5.41, 5.74) is 1.11. The van der Waals surface area contributed by atoms with E-state index in [-0.39, 0.29) is 16.7 Å². The summed E-state index contributed by atoms with van der Waals surface area (Å²) in [5.74, 6) is 0.247. The third-order valence-corrected chi connectivity index (χ3v) is 6.47. The summed E-state index contributed by atoms with van der Waals surface area (Å²) in [4.78, 5) is 0.265. The molecule has 0 radical (unpaired) electrons. The highest BCUT2D eigenvalue weighted by Crippen LogP contribution is 2.28. The third-order valence-electron chi connectivity index (χ3n) is 4.56. The van der Waals surface area contributed by atoms with Crippen LogP contribution in [-0.4, -0.2) is 40.2 Å². The minimum Gasteiger partial charge on any atom is -0.508 e. The lowest BCUT2D eigenvalue weighted by Crippen LogP contribution is -2.43. The van der Waals surface area contributed by atoms with Gasteiger partial charge in [0.1, 0.15) is 10.6 Å². The quantitative estimate of drug-likeness (QED) is 0.899. The number of nitrogens with zero attached hydrogens (tertiary/aromatic N) is 3. The number of rotatable bonds is 5. The number of phenols is 1. The van der Waals surface area contributed by atoms with Crippen LogP contribution in [0.5, 0.6) is 5.75 Å². The molecule has 1 aromatic carbocycles. The lowest BCUT2D eigenvalue weighted by Gasteiger charge is -2.34. The van der Waals surface area contributed by atoms with Gasteiger partial charge >= 0.3 is 0 Å². The molecule has 7 heteroatoms. The van der Waals surface area contributed by atoms with Crippen molar-refractivity contribution in [2.75, 3.05) is 6.54 Å². The SMILES string of the molecule is Cn1cc(S(=O)(=O)N2CCCC[C@H]2CCc2ccc(O)cc2)cn1. The monoisotopic (exact) mass is 349 g/mol. The highest BCUT2D eigenvalue weighted by atomic mass is 32.2. The Bertz CT molecular complexity index is 784. The maximum absolute atomic E-state index is 12.9. The van der Waals surface area contributed by atoms with E-state index in [9.17, 15) is 13.5 Å². The first kappa shape index (κ1) is 17.0. The molecular weight excluding hydrogens is 326 g/mol. The third kappa shape index (κ3) is 3.62. The molecule has 0 saturated carbocycles. The van der Waals surface area contributed by atoms with Crippen molar-refractivity contribution in [2.24, 2.45) is 7.05 Å². The molecular formula is C17H23N3O3S. The van der Waals surface area contributed by atoms with Gasteiger partial charge in [0, 0.05) is 25.8 Å². The van der Waals surface area contributed by atoms with Gasteiger partial charge in [-0.1, -0.05) is 18.6 Å². The number of phenolic OH excluding ortho intramolecular Hbond substituents is 1. The first-order valence-electron chi connectivity index (χ1n) is 8.25. The number of hydrogen-bond acceptors (Lipinski definition) is 4. The van der Waals surface area contributed by atoms with Crippen molar-refractivity contribution < 1.29 is 13.5 Å². The fourth-order valence-electron chi connectivity index (χ4n) is 3.24. The smallest absolute Gasteiger partial charge is 0.246 e. The van der Waals surface area contributed by atoms with Gasteiger partial charge < -0.3 is 5.11 Å². The van der Waals surface area contributed by atoms with Gasteiger partial charge in [0.25, 0.3) is 0 Å². The largest absolute Gasteiger partial charge is 0.508 e. The van der Waals surface area contributed by atoms with Gasteiger partial charge in [-0.25, -0.2) is 8.42 Å². The molecule has 1 fully saturated rings. The Morgan fingerprint density at radius 2 is 2.00 bits per heavy atom. The molecule has 1 atom stereocenters. The zero-order valence-electron chi connectivity index (χ0n) is 13.8. The molecule has 24 heavy (non-hydrogen) atoms. The molecule has 0 amide bonds. The summed E-state index contributed by atoms with van der Waals surface area (Å²) in [7, 11) is -1.77. The van der Waals surface area contributed by atoms with E-state index in [2.05, 4.69) is 5.10 Å². The van der Waals surface area contributed by atoms with Crippen LogP contribution >= 0.6 is 0 Å². The van der Waals surface area contributed by atoms with E-state index in [4.69, 9.17) is 0 Å². The van der Waals surface area contributed by atoms with Gasteiger partial charge in [-0.05, 0) is 43.4 Å². The van der Waals surface area contributed by atoms with Gasteiger partial charge in [0.15, 0.2) is 0 Å². The second-order valence-electron chi connectivity index (χ2n) is 6.32. The van der Waals surface area contributed by atoms with Gasteiger partial charge in [-0.3, -0.25) is 4.68 Å². The second kappa shape index (κ2) is 6.94. The summed E-state index contributed by atoms with van der Waals surface area (Å²) in [6.45, 7) is 0.567. The minimum absolute atomic E-state index is 0.0118. The molecule has 1 N–H and O–H groups in total. The van der Waals surface area contributed by atoms with Gasteiger partial charge in [0.2, 0.25) is 10.0 Å². The maximum Gasteiger partial charge on any atom is 0.246 e. The predicted octanol–water partition coefficient (Wildman–Crippen LogP) is 2.30. The Balaban J connectivity index is 1.74. The van der Waals surface area contributed by atoms with Crippen molar-refractivity contribution in [3.8, 4) is 5.75 Å². The van der Waals surface area contributed by atoms with E-state index in [0.717, 1.165) is 37.7 Å². The molecule has 6 nitrogen and oxygen atoms in total. The summed E-state index contributed by atoms with van der Waals surface area (Å²) < 4.78 is 29.0. The van der Waals surface area contributed by atoms with Gasteiger partial charge in [0.05, 0.1) is 6.20 Å². The van der Waals surface area contributed by atoms with Crippen LogP contribution in [0.25, 0.3) is 0 Å². The molecule has 2 heterocycles. The van der Waals surface area contributed by atoms with Gasteiger partial charge in [-0.15, -0.1) is 0 Å². The molecule has 0 aliphatic carbocycles. The predicted molar refractivity (Wildman–Crippen MR) is 91.2 cm³/mol. The molecule has 2 aromatic rings. The van der Waals surface area contributed by atoms with Crippen molar-refractivity contribution in [3.63, 3.8) is 0 Å². The van der Waals surface area contributed by atoms with Crippen LogP contribution in [-0.2, 0) is 23.5 Å². The van der Waals surface area contributed by atoms with Crippen LogP contribution in [0.4, 0.5) is 0 Å². The molecule has 1 saturated heterocycles. The van der Waals surface area contributed by atoms with Crippen molar-refractivity contribution >= 4 is 10.0 Å². The van der Waals surface area contributed by atoms with Crippen molar-refractivity contribution in [1.82, 2.24) is 14.1 Å². The molecule has 1 aliphatic heterocycles. The number of aryl methyl sites for hydroxylation is 2. The van der Waals surface area contributed by atoms with Crippen molar-refractivity contribution in [3.05, 3.63) is 42.2 Å². The topological polar surface area (TPSA) is 75.4 Å². The second-order valence-corrected chi connectivity index (χ2v) is 8.21. The fourth-order valence-corrected chi connectivity index (χ4v) is 4.95. The Hall–Kier alpha value is -1.86. The normalized spacial score (nSPS) is 19.5. The molecule has 1 aliphatic rings. The zero-order valence-corrected chi connectivity index (χ0v) is 14.6. The minimum atomic E-state index is -3.49. The molecule has 0 spiro atoms. The summed E-state index contributed by atoms with van der Waals surface area (Å²) in [6, 6.07) is 7.12. The van der Waals surface area contributed by atoms with Crippen LogP contribution < -0.4 is 0 Å². The van der Waals surface area contributed by atoms with E-state index in [1.165, 1.54) is 10.9 Å². The Labute approximate surface area is 142 Å². The van der Waals surface area contributed by atoms with Crippen LogP contribution in [0.2, 0.25) is 0 Å². The summed E-state index contributed by atoms with van der Waals surface area (Å²) in [5, 5.41) is 13.3. The van der Waals surface area contributed by atoms with E-state index < -0.39 is 10.0 Å². The Morgan fingerprint density at radius 3 is 2.67 bits per heavy atom. The lowest BCUT2D eigenvalue weighted by atomic mass is 9.98. The number of benzene rings is 1. The average Bonchev–Trinajstić information content (AvgIpc) is 3.02. The number of sulfonamides is 1. The lowest BCUT2D eigenvalue weighted by molar-refractivity contribution is 0.241. The first-order chi connectivity index (χ1) is 11.5. The van der Waals surface area contributed by atoms with Crippen LogP contribution in [0.1, 0.15) is 31.2 Å². The van der Waals surface area contributed by atoms with E-state index in [1.54, 1.807) is 29.7 Å². The summed E-state index contributed by atoms with van der Waals surface area (Å²) >= 11 is 0. The number of aromatic hydroxyl groups is 1. The molecule has 1 aromatic heterocycles. The molecule has 0 unspecified atom stereocenters. The summed E-state index contributed by atoms with van der Waals surface area (Å²) in [6.07, 6.45) is 7.39. The Morgan fingerprint density at radius 1 is 1.25 bits per heavy atom. The van der Waals surface area contributed by atoms with E-state index in [0.29, 0.717) is 6.54 Å². The fraction of sp³-hybridized carbons (Fsp3) is 0.471. The molecule has 0 bridgehead atoms.